The third-order valence-electron chi connectivity index (χ3n) is 1.98. The number of carbonyl (C=O) groups excluding carboxylic acids is 2. The highest BCUT2D eigenvalue weighted by Gasteiger charge is 2.20. The van der Waals surface area contributed by atoms with Gasteiger partial charge in [-0.2, -0.15) is 0 Å². The molecule has 0 aliphatic rings. The number of nitrogens with one attached hydrogen (secondary N) is 1. The van der Waals surface area contributed by atoms with Crippen molar-refractivity contribution in [3.05, 3.63) is 0 Å². The zero-order chi connectivity index (χ0) is 12.6. The van der Waals surface area contributed by atoms with Crippen molar-refractivity contribution in [2.75, 3.05) is 6.54 Å². The monoisotopic (exact) mass is 230 g/mol. The molecule has 0 rings (SSSR count). The van der Waals surface area contributed by atoms with E-state index in [2.05, 4.69) is 5.32 Å². The van der Waals surface area contributed by atoms with Crippen molar-refractivity contribution in [1.29, 1.82) is 0 Å². The van der Waals surface area contributed by atoms with Crippen LogP contribution in [0.25, 0.3) is 0 Å². The van der Waals surface area contributed by atoms with E-state index in [9.17, 15) is 14.4 Å². The van der Waals surface area contributed by atoms with Crippen molar-refractivity contribution in [2.45, 2.75) is 38.6 Å². The van der Waals surface area contributed by atoms with Gasteiger partial charge in [0, 0.05) is 12.8 Å². The summed E-state index contributed by atoms with van der Waals surface area (Å²) in [5.74, 6) is -1.82. The molecule has 0 aliphatic carbocycles. The number of carbonyl (C=O) groups is 3. The Morgan fingerprint density at radius 3 is 2.38 bits per heavy atom. The zero-order valence-electron chi connectivity index (χ0n) is 9.36. The van der Waals surface area contributed by atoms with Gasteiger partial charge in [-0.15, -0.1) is 0 Å². The highest BCUT2D eigenvalue weighted by molar-refractivity contribution is 5.88. The molecule has 0 aromatic carbocycles. The summed E-state index contributed by atoms with van der Waals surface area (Å²) >= 11 is 0. The second-order valence-electron chi connectivity index (χ2n) is 3.61. The number of carboxylic acid groups (broad SMARTS) is 1. The van der Waals surface area contributed by atoms with Crippen LogP contribution in [0.1, 0.15) is 32.6 Å². The molecule has 0 aliphatic heterocycles. The smallest absolute Gasteiger partial charge is 0.326 e. The van der Waals surface area contributed by atoms with Crippen molar-refractivity contribution in [1.82, 2.24) is 5.32 Å². The number of ketones is 1. The van der Waals surface area contributed by atoms with Gasteiger partial charge in [-0.05, 0) is 26.3 Å². The predicted octanol–water partition coefficient (Wildman–Crippen LogP) is -0.336. The molecule has 0 radical (unpaired) electrons. The Kier molecular flexibility index (Phi) is 7.11. The van der Waals surface area contributed by atoms with Gasteiger partial charge < -0.3 is 16.2 Å². The topological polar surface area (TPSA) is 109 Å². The van der Waals surface area contributed by atoms with Crippen LogP contribution in [0.5, 0.6) is 0 Å². The minimum atomic E-state index is -1.19. The quantitative estimate of drug-likeness (QED) is 0.494. The molecule has 0 aromatic rings. The molecule has 6 nitrogen and oxygen atoms in total. The third kappa shape index (κ3) is 6.94. The molecule has 0 heterocycles. The number of unbranched alkanes of at least 4 members (excludes halogenated alkanes) is 1. The van der Waals surface area contributed by atoms with Gasteiger partial charge in [0.15, 0.2) is 0 Å². The number of nitrogens with two attached hydrogens (primary N) is 1. The number of amides is 1. The van der Waals surface area contributed by atoms with E-state index < -0.39 is 12.0 Å². The lowest BCUT2D eigenvalue weighted by Gasteiger charge is -2.12. The SMILES string of the molecule is CC(=O)C[C@H](NC(=O)CCCCN)C(=O)O. The lowest BCUT2D eigenvalue weighted by Crippen LogP contribution is -2.41. The van der Waals surface area contributed by atoms with Crippen molar-refractivity contribution in [3.8, 4) is 0 Å². The molecule has 1 amide bonds. The summed E-state index contributed by atoms with van der Waals surface area (Å²) in [5.41, 5.74) is 5.26. The standard InChI is InChI=1S/C10H18N2O4/c1-7(13)6-8(10(15)16)12-9(14)4-2-3-5-11/h8H,2-6,11H2,1H3,(H,12,14)(H,15,16)/t8-/m0/s1. The fourth-order valence-corrected chi connectivity index (χ4v) is 1.18. The molecule has 0 fully saturated rings. The van der Waals surface area contributed by atoms with E-state index in [4.69, 9.17) is 10.8 Å². The maximum atomic E-state index is 11.3. The average Bonchev–Trinajstić information content (AvgIpc) is 2.16. The van der Waals surface area contributed by atoms with Crippen LogP contribution in [0.15, 0.2) is 0 Å². The maximum absolute atomic E-state index is 11.3. The third-order valence-corrected chi connectivity index (χ3v) is 1.98. The summed E-state index contributed by atoms with van der Waals surface area (Å²) in [7, 11) is 0. The first-order valence-electron chi connectivity index (χ1n) is 5.19. The van der Waals surface area contributed by atoms with Gasteiger partial charge in [0.25, 0.3) is 0 Å². The van der Waals surface area contributed by atoms with E-state index in [1.165, 1.54) is 6.92 Å². The molecular weight excluding hydrogens is 212 g/mol. The van der Waals surface area contributed by atoms with Gasteiger partial charge in [-0.1, -0.05) is 0 Å². The minimum Gasteiger partial charge on any atom is -0.480 e. The van der Waals surface area contributed by atoms with E-state index in [0.29, 0.717) is 13.0 Å². The van der Waals surface area contributed by atoms with Crippen LogP contribution in [-0.2, 0) is 14.4 Å². The number of aliphatic carboxylic acids is 1. The average molecular weight is 230 g/mol. The number of hydrogen-bond donors (Lipinski definition) is 3. The van der Waals surface area contributed by atoms with Crippen LogP contribution in [0.4, 0.5) is 0 Å². The second-order valence-corrected chi connectivity index (χ2v) is 3.61. The number of Topliss-reactive ketones (excluding diaryl/α,β-unsaturated/α-hetero) is 1. The van der Waals surface area contributed by atoms with Crippen molar-refractivity contribution in [3.63, 3.8) is 0 Å². The summed E-state index contributed by atoms with van der Waals surface area (Å²) in [4.78, 5) is 32.8. The molecule has 0 bridgehead atoms. The number of hydrogen-bond acceptors (Lipinski definition) is 4. The highest BCUT2D eigenvalue weighted by atomic mass is 16.4. The molecule has 0 aromatic heterocycles. The van der Waals surface area contributed by atoms with Crippen LogP contribution < -0.4 is 11.1 Å². The van der Waals surface area contributed by atoms with E-state index in [0.717, 1.165) is 6.42 Å². The Bertz CT molecular complexity index is 266. The first-order valence-corrected chi connectivity index (χ1v) is 5.19. The molecule has 92 valence electrons. The summed E-state index contributed by atoms with van der Waals surface area (Å²) in [6.45, 7) is 1.79. The first-order chi connectivity index (χ1) is 7.47. The normalized spacial score (nSPS) is 11.9. The Hall–Kier alpha value is -1.43. The molecule has 1 atom stereocenters. The largest absolute Gasteiger partial charge is 0.480 e. The molecule has 0 saturated carbocycles. The molecule has 16 heavy (non-hydrogen) atoms. The fourth-order valence-electron chi connectivity index (χ4n) is 1.18. The van der Waals surface area contributed by atoms with Crippen LogP contribution >= 0.6 is 0 Å². The van der Waals surface area contributed by atoms with Gasteiger partial charge in [0.2, 0.25) is 5.91 Å². The van der Waals surface area contributed by atoms with Crippen LogP contribution in [0.3, 0.4) is 0 Å². The maximum Gasteiger partial charge on any atom is 0.326 e. The van der Waals surface area contributed by atoms with Gasteiger partial charge in [-0.3, -0.25) is 9.59 Å². The molecule has 0 unspecified atom stereocenters. The van der Waals surface area contributed by atoms with Crippen molar-refractivity contribution in [2.24, 2.45) is 5.73 Å². The molecule has 0 spiro atoms. The summed E-state index contributed by atoms with van der Waals surface area (Å²) in [5, 5.41) is 11.1. The molecule has 4 N–H and O–H groups in total. The summed E-state index contributed by atoms with van der Waals surface area (Å²) < 4.78 is 0. The number of carboxylic acids is 1. The minimum absolute atomic E-state index is 0.183. The van der Waals surface area contributed by atoms with Gasteiger partial charge in [0.1, 0.15) is 11.8 Å². The van der Waals surface area contributed by atoms with Crippen molar-refractivity contribution < 1.29 is 19.5 Å². The Morgan fingerprint density at radius 2 is 1.94 bits per heavy atom. The molecule has 0 saturated heterocycles. The van der Waals surface area contributed by atoms with Crippen LogP contribution in [-0.4, -0.2) is 35.4 Å². The zero-order valence-corrected chi connectivity index (χ0v) is 9.36. The predicted molar refractivity (Wildman–Crippen MR) is 57.8 cm³/mol. The molecule has 6 heteroatoms. The molecular formula is C10H18N2O4. The second kappa shape index (κ2) is 7.81. The summed E-state index contributed by atoms with van der Waals surface area (Å²) in [6.07, 6.45) is 1.39. The van der Waals surface area contributed by atoms with E-state index in [1.807, 2.05) is 0 Å². The lowest BCUT2D eigenvalue weighted by atomic mass is 10.1. The Balaban J connectivity index is 4.03. The van der Waals surface area contributed by atoms with Crippen LogP contribution in [0, 0.1) is 0 Å². The fraction of sp³-hybridized carbons (Fsp3) is 0.700. The summed E-state index contributed by atoms with van der Waals surface area (Å²) in [6, 6.07) is -1.12. The van der Waals surface area contributed by atoms with Gasteiger partial charge in [0.05, 0.1) is 0 Å². The van der Waals surface area contributed by atoms with E-state index in [1.54, 1.807) is 0 Å². The Morgan fingerprint density at radius 1 is 1.31 bits per heavy atom. The Labute approximate surface area is 94.2 Å². The van der Waals surface area contributed by atoms with Gasteiger partial charge in [-0.25, -0.2) is 4.79 Å². The van der Waals surface area contributed by atoms with Crippen molar-refractivity contribution >= 4 is 17.7 Å². The van der Waals surface area contributed by atoms with E-state index >= 15 is 0 Å². The van der Waals surface area contributed by atoms with E-state index in [-0.39, 0.29) is 24.5 Å². The highest BCUT2D eigenvalue weighted by Crippen LogP contribution is 1.98. The van der Waals surface area contributed by atoms with Crippen LogP contribution in [0.2, 0.25) is 0 Å². The van der Waals surface area contributed by atoms with Gasteiger partial charge >= 0.3 is 5.97 Å². The first kappa shape index (κ1) is 14.6. The number of rotatable bonds is 8. The lowest BCUT2D eigenvalue weighted by molar-refractivity contribution is -0.143.